The Balaban J connectivity index is 1.87. The highest BCUT2D eigenvalue weighted by atomic mass is 35.5. The molecule has 0 saturated heterocycles. The number of esters is 1. The van der Waals surface area contributed by atoms with Gasteiger partial charge in [-0.2, -0.15) is 0 Å². The lowest BCUT2D eigenvalue weighted by Crippen LogP contribution is -2.43. The molecule has 0 bridgehead atoms. The minimum Gasteiger partial charge on any atom is -0.457 e. The molecule has 120 valence electrons. The van der Waals surface area contributed by atoms with E-state index in [9.17, 15) is 4.79 Å². The summed E-state index contributed by atoms with van der Waals surface area (Å²) in [6, 6.07) is 6.24. The highest BCUT2D eigenvalue weighted by molar-refractivity contribution is 6.18. The zero-order chi connectivity index (χ0) is 15.6. The molecule has 0 heterocycles. The van der Waals surface area contributed by atoms with Gasteiger partial charge in [0.15, 0.2) is 0 Å². The minimum absolute atomic E-state index is 0.0363. The molecule has 3 rings (SSSR count). The van der Waals surface area contributed by atoms with Crippen molar-refractivity contribution < 1.29 is 14.3 Å². The van der Waals surface area contributed by atoms with Crippen LogP contribution in [0.1, 0.15) is 50.2 Å². The van der Waals surface area contributed by atoms with E-state index < -0.39 is 0 Å². The molecule has 0 aromatic heterocycles. The monoisotopic (exact) mass is 322 g/mol. The Bertz CT molecular complexity index is 557. The van der Waals surface area contributed by atoms with Crippen molar-refractivity contribution in [3.63, 3.8) is 0 Å². The van der Waals surface area contributed by atoms with Crippen LogP contribution < -0.4 is 4.74 Å². The summed E-state index contributed by atoms with van der Waals surface area (Å²) < 4.78 is 10.4. The van der Waals surface area contributed by atoms with Gasteiger partial charge in [-0.3, -0.25) is 4.79 Å². The third-order valence-corrected chi connectivity index (χ3v) is 5.79. The summed E-state index contributed by atoms with van der Waals surface area (Å²) in [6.07, 6.45) is 7.39. The topological polar surface area (TPSA) is 35.5 Å². The van der Waals surface area contributed by atoms with E-state index in [1.165, 1.54) is 50.2 Å². The van der Waals surface area contributed by atoms with E-state index >= 15 is 0 Å². The van der Waals surface area contributed by atoms with E-state index in [4.69, 9.17) is 21.1 Å². The highest BCUT2D eigenvalue weighted by Crippen LogP contribution is 2.51. The average Bonchev–Trinajstić information content (AvgIpc) is 2.54. The van der Waals surface area contributed by atoms with Crippen molar-refractivity contribution in [2.24, 2.45) is 5.92 Å². The summed E-state index contributed by atoms with van der Waals surface area (Å²) in [4.78, 5) is 10.8. The van der Waals surface area contributed by atoms with Crippen LogP contribution in [0.3, 0.4) is 0 Å². The number of alkyl halides is 1. The summed E-state index contributed by atoms with van der Waals surface area (Å²) in [7, 11) is 0. The van der Waals surface area contributed by atoms with Crippen molar-refractivity contribution in [1.29, 1.82) is 0 Å². The second-order valence-corrected chi connectivity index (χ2v) is 6.76. The van der Waals surface area contributed by atoms with Crippen LogP contribution in [-0.4, -0.2) is 18.6 Å². The molecule has 0 N–H and O–H groups in total. The molecule has 0 radical (unpaired) electrons. The molecule has 1 aromatic carbocycles. The Hall–Kier alpha value is -1.22. The van der Waals surface area contributed by atoms with E-state index in [1.54, 1.807) is 0 Å². The van der Waals surface area contributed by atoms with E-state index in [1.807, 2.05) is 6.07 Å². The maximum absolute atomic E-state index is 10.8. The summed E-state index contributed by atoms with van der Waals surface area (Å²) >= 11 is 6.46. The standard InChI is InChI=1S/C18H23ClO3/c1-13(20)21-12-22-16-8-6-14-5-7-15-4-2-3-9-18(15,11-19)17(14)10-16/h6,8,10,15H,2-5,7,9,11-12H2,1H3/t15?,18-/m0/s1. The summed E-state index contributed by atoms with van der Waals surface area (Å²) in [5, 5.41) is 0. The largest absolute Gasteiger partial charge is 0.457 e. The first-order valence-corrected chi connectivity index (χ1v) is 8.65. The first-order valence-electron chi connectivity index (χ1n) is 8.11. The first-order chi connectivity index (χ1) is 10.7. The van der Waals surface area contributed by atoms with Crippen molar-refractivity contribution >= 4 is 17.6 Å². The molecule has 4 heteroatoms. The molecule has 2 aliphatic rings. The second kappa shape index (κ2) is 6.49. The molecule has 0 amide bonds. The third kappa shape index (κ3) is 2.83. The van der Waals surface area contributed by atoms with Gasteiger partial charge in [-0.1, -0.05) is 18.9 Å². The lowest BCUT2D eigenvalue weighted by atomic mass is 9.58. The number of ether oxygens (including phenoxy) is 2. The van der Waals surface area contributed by atoms with Crippen molar-refractivity contribution in [2.75, 3.05) is 12.7 Å². The fraction of sp³-hybridized carbons (Fsp3) is 0.611. The molecule has 22 heavy (non-hydrogen) atoms. The van der Waals surface area contributed by atoms with Gasteiger partial charge >= 0.3 is 5.97 Å². The number of carbonyl (C=O) groups excluding carboxylic acids is 1. The fourth-order valence-electron chi connectivity index (χ4n) is 4.17. The normalized spacial score (nSPS) is 26.7. The third-order valence-electron chi connectivity index (χ3n) is 5.31. The molecular weight excluding hydrogens is 300 g/mol. The molecule has 0 spiro atoms. The van der Waals surface area contributed by atoms with Crippen LogP contribution in [0.15, 0.2) is 18.2 Å². The smallest absolute Gasteiger partial charge is 0.305 e. The van der Waals surface area contributed by atoms with Gasteiger partial charge in [0.1, 0.15) is 5.75 Å². The molecule has 0 aliphatic heterocycles. The van der Waals surface area contributed by atoms with Gasteiger partial charge in [-0.25, -0.2) is 0 Å². The van der Waals surface area contributed by atoms with Gasteiger partial charge in [-0.05, 0) is 54.9 Å². The van der Waals surface area contributed by atoms with Crippen LogP contribution in [0.25, 0.3) is 0 Å². The number of benzene rings is 1. The number of hydrogen-bond acceptors (Lipinski definition) is 3. The second-order valence-electron chi connectivity index (χ2n) is 6.49. The van der Waals surface area contributed by atoms with Crippen molar-refractivity contribution in [3.8, 4) is 5.75 Å². The Morgan fingerprint density at radius 3 is 3.00 bits per heavy atom. The number of carbonyl (C=O) groups is 1. The molecule has 1 aromatic rings. The molecule has 2 aliphatic carbocycles. The van der Waals surface area contributed by atoms with Crippen LogP contribution >= 0.6 is 11.6 Å². The van der Waals surface area contributed by atoms with E-state index in [0.29, 0.717) is 11.8 Å². The number of aryl methyl sites for hydroxylation is 1. The van der Waals surface area contributed by atoms with Crippen LogP contribution in [0.4, 0.5) is 0 Å². The maximum atomic E-state index is 10.8. The zero-order valence-electron chi connectivity index (χ0n) is 13.1. The summed E-state index contributed by atoms with van der Waals surface area (Å²) in [6.45, 7) is 1.34. The van der Waals surface area contributed by atoms with E-state index in [-0.39, 0.29) is 18.2 Å². The van der Waals surface area contributed by atoms with Crippen molar-refractivity contribution in [3.05, 3.63) is 29.3 Å². The van der Waals surface area contributed by atoms with Crippen LogP contribution in [0.5, 0.6) is 5.75 Å². The van der Waals surface area contributed by atoms with Crippen molar-refractivity contribution in [1.82, 2.24) is 0 Å². The minimum atomic E-state index is -0.331. The fourth-order valence-corrected chi connectivity index (χ4v) is 4.67. The molecule has 2 atom stereocenters. The van der Waals surface area contributed by atoms with Gasteiger partial charge in [-0.15, -0.1) is 11.6 Å². The molecule has 1 saturated carbocycles. The average molecular weight is 323 g/mol. The lowest BCUT2D eigenvalue weighted by Gasteiger charge is -2.47. The molecular formula is C18H23ClO3. The predicted molar refractivity (Wildman–Crippen MR) is 86.4 cm³/mol. The molecule has 1 fully saturated rings. The van der Waals surface area contributed by atoms with Gasteiger partial charge < -0.3 is 9.47 Å². The number of hydrogen-bond donors (Lipinski definition) is 0. The van der Waals surface area contributed by atoms with E-state index in [0.717, 1.165) is 12.2 Å². The zero-order valence-corrected chi connectivity index (χ0v) is 13.8. The quantitative estimate of drug-likeness (QED) is 0.473. The van der Waals surface area contributed by atoms with Crippen LogP contribution in [-0.2, 0) is 21.4 Å². The number of fused-ring (bicyclic) bond motifs is 3. The Morgan fingerprint density at radius 1 is 1.36 bits per heavy atom. The molecule has 3 nitrogen and oxygen atoms in total. The van der Waals surface area contributed by atoms with Crippen molar-refractivity contribution in [2.45, 2.75) is 50.9 Å². The van der Waals surface area contributed by atoms with Gasteiger partial charge in [0, 0.05) is 18.2 Å². The summed E-state index contributed by atoms with van der Waals surface area (Å²) in [5.41, 5.74) is 2.87. The maximum Gasteiger partial charge on any atom is 0.305 e. The lowest BCUT2D eigenvalue weighted by molar-refractivity contribution is -0.147. The Morgan fingerprint density at radius 2 is 2.23 bits per heavy atom. The Labute approximate surface area is 136 Å². The van der Waals surface area contributed by atoms with Crippen LogP contribution in [0, 0.1) is 5.92 Å². The predicted octanol–water partition coefficient (Wildman–Crippen LogP) is 4.20. The van der Waals surface area contributed by atoms with Crippen LogP contribution in [0.2, 0.25) is 0 Å². The van der Waals surface area contributed by atoms with Gasteiger partial charge in [0.05, 0.1) is 0 Å². The SMILES string of the molecule is CC(=O)OCOc1ccc2c(c1)[C@]1(CCl)CCCCC1CC2. The molecule has 1 unspecified atom stereocenters. The van der Waals surface area contributed by atoms with E-state index in [2.05, 4.69) is 12.1 Å². The number of halogens is 1. The van der Waals surface area contributed by atoms with Gasteiger partial charge in [0.25, 0.3) is 0 Å². The first kappa shape index (κ1) is 15.7. The van der Waals surface area contributed by atoms with Gasteiger partial charge in [0.2, 0.25) is 6.79 Å². The number of rotatable bonds is 4. The highest BCUT2D eigenvalue weighted by Gasteiger charge is 2.44. The summed E-state index contributed by atoms with van der Waals surface area (Å²) in [5.74, 6) is 1.80. The Kier molecular flexibility index (Phi) is 4.62.